The number of H-pyrrole nitrogens is 1. The fourth-order valence-electron chi connectivity index (χ4n) is 4.46. The third-order valence-corrected chi connectivity index (χ3v) is 7.01. The van der Waals surface area contributed by atoms with E-state index in [9.17, 15) is 14.7 Å². The van der Waals surface area contributed by atoms with Crippen molar-refractivity contribution in [3.05, 3.63) is 93.8 Å². The summed E-state index contributed by atoms with van der Waals surface area (Å²) in [5, 5.41) is 14.2. The van der Waals surface area contributed by atoms with Crippen LogP contribution in [-0.2, 0) is 16.0 Å². The smallest absolute Gasteiger partial charge is 0.295 e. The van der Waals surface area contributed by atoms with E-state index in [-0.39, 0.29) is 11.3 Å². The van der Waals surface area contributed by atoms with Gasteiger partial charge in [0.25, 0.3) is 11.7 Å². The molecule has 6 nitrogen and oxygen atoms in total. The van der Waals surface area contributed by atoms with Crippen LogP contribution in [0, 0.1) is 0 Å². The fourth-order valence-corrected chi connectivity index (χ4v) is 5.31. The van der Waals surface area contributed by atoms with Crippen molar-refractivity contribution < 1.29 is 19.4 Å². The number of para-hydroxylation sites is 1. The Bertz CT molecular complexity index is 1370. The number of aliphatic hydroxyl groups is 1. The number of hydrogen-bond acceptors (Lipinski definition) is 5. The first-order valence-corrected chi connectivity index (χ1v) is 12.1. The summed E-state index contributed by atoms with van der Waals surface area (Å²) in [5.74, 6) is -0.753. The minimum Gasteiger partial charge on any atom is -0.507 e. The summed E-state index contributed by atoms with van der Waals surface area (Å²) in [6.07, 6.45) is 2.53. The quantitative estimate of drug-likeness (QED) is 0.217. The van der Waals surface area contributed by atoms with Crippen molar-refractivity contribution in [2.45, 2.75) is 19.4 Å². The van der Waals surface area contributed by atoms with Crippen LogP contribution in [0.5, 0.6) is 5.75 Å². The zero-order chi connectivity index (χ0) is 23.7. The van der Waals surface area contributed by atoms with E-state index in [1.807, 2.05) is 54.9 Å². The molecule has 1 aliphatic rings. The number of nitrogens with zero attached hydrogens (tertiary/aromatic N) is 1. The number of aromatic amines is 1. The first-order chi connectivity index (χ1) is 16.6. The maximum absolute atomic E-state index is 13.1. The third kappa shape index (κ3) is 3.88. The lowest BCUT2D eigenvalue weighted by Crippen LogP contribution is -2.31. The summed E-state index contributed by atoms with van der Waals surface area (Å²) < 4.78 is 5.47. The largest absolute Gasteiger partial charge is 0.507 e. The molecule has 1 unspecified atom stereocenters. The van der Waals surface area contributed by atoms with Gasteiger partial charge in [-0.25, -0.2) is 0 Å². The molecule has 0 radical (unpaired) electrons. The van der Waals surface area contributed by atoms with E-state index in [1.165, 1.54) is 11.3 Å². The molecular formula is C27H24N2O4S. The van der Waals surface area contributed by atoms with Crippen molar-refractivity contribution in [1.29, 1.82) is 0 Å². The highest BCUT2D eigenvalue weighted by atomic mass is 32.1. The number of ketones is 1. The number of aromatic nitrogens is 1. The molecular weight excluding hydrogens is 448 g/mol. The Balaban J connectivity index is 1.50. The first-order valence-electron chi connectivity index (χ1n) is 11.2. The standard InChI is InChI=1S/C27H24N2O4S/c1-2-33-19-11-9-17(10-12-19)25(30)23-24(22-8-5-15-34-22)29(27(32)26(23)31)14-13-18-16-28-21-7-4-3-6-20(18)21/h3-12,15-16,24,28,30H,2,13-14H2,1H3. The van der Waals surface area contributed by atoms with Gasteiger partial charge in [0.1, 0.15) is 11.5 Å². The molecule has 34 heavy (non-hydrogen) atoms. The van der Waals surface area contributed by atoms with E-state index >= 15 is 0 Å². The van der Waals surface area contributed by atoms with Crippen LogP contribution in [0.15, 0.2) is 77.8 Å². The van der Waals surface area contributed by atoms with Crippen molar-refractivity contribution in [3.8, 4) is 5.75 Å². The van der Waals surface area contributed by atoms with Crippen LogP contribution in [0.2, 0.25) is 0 Å². The van der Waals surface area contributed by atoms with Gasteiger partial charge in [-0.2, -0.15) is 0 Å². The topological polar surface area (TPSA) is 82.6 Å². The molecule has 2 aromatic carbocycles. The van der Waals surface area contributed by atoms with Gasteiger partial charge >= 0.3 is 0 Å². The summed E-state index contributed by atoms with van der Waals surface area (Å²) in [5.41, 5.74) is 2.70. The number of nitrogens with one attached hydrogen (secondary N) is 1. The van der Waals surface area contributed by atoms with Gasteiger partial charge in [-0.05, 0) is 60.7 Å². The number of rotatable bonds is 7. The zero-order valence-electron chi connectivity index (χ0n) is 18.7. The summed E-state index contributed by atoms with van der Waals surface area (Å²) in [7, 11) is 0. The molecule has 4 aromatic rings. The number of benzene rings is 2. The molecule has 1 saturated heterocycles. The SMILES string of the molecule is CCOc1ccc(C(O)=C2C(=O)C(=O)N(CCc3c[nH]c4ccccc34)C2c2cccs2)cc1. The first kappa shape index (κ1) is 22.0. The Hall–Kier alpha value is -3.84. The second-order valence-electron chi connectivity index (χ2n) is 8.07. The molecule has 0 bridgehead atoms. The molecule has 3 heterocycles. The van der Waals surface area contributed by atoms with Gasteiger partial charge in [0.2, 0.25) is 0 Å². The van der Waals surface area contributed by atoms with E-state index < -0.39 is 17.7 Å². The van der Waals surface area contributed by atoms with E-state index in [0.717, 1.165) is 21.3 Å². The molecule has 2 N–H and O–H groups in total. The average Bonchev–Trinajstić information content (AvgIpc) is 3.58. The maximum Gasteiger partial charge on any atom is 0.295 e. The van der Waals surface area contributed by atoms with Crippen molar-refractivity contribution in [1.82, 2.24) is 9.88 Å². The van der Waals surface area contributed by atoms with Crippen LogP contribution >= 0.6 is 11.3 Å². The molecule has 0 aliphatic carbocycles. The second-order valence-corrected chi connectivity index (χ2v) is 9.05. The fraction of sp³-hybridized carbons (Fsp3) is 0.185. The van der Waals surface area contributed by atoms with Crippen molar-refractivity contribution in [3.63, 3.8) is 0 Å². The van der Waals surface area contributed by atoms with Crippen LogP contribution in [0.1, 0.15) is 29.0 Å². The summed E-state index contributed by atoms with van der Waals surface area (Å²) in [6, 6.07) is 18.0. The van der Waals surface area contributed by atoms with Gasteiger partial charge < -0.3 is 19.7 Å². The number of likely N-dealkylation sites (tertiary alicyclic amines) is 1. The van der Waals surface area contributed by atoms with Crippen LogP contribution in [0.3, 0.4) is 0 Å². The molecule has 2 aromatic heterocycles. The third-order valence-electron chi connectivity index (χ3n) is 6.09. The number of aliphatic hydroxyl groups excluding tert-OH is 1. The molecule has 1 fully saturated rings. The number of carbonyl (C=O) groups excluding carboxylic acids is 2. The van der Waals surface area contributed by atoms with E-state index in [4.69, 9.17) is 4.74 Å². The lowest BCUT2D eigenvalue weighted by Gasteiger charge is -2.24. The molecule has 1 aliphatic heterocycles. The van der Waals surface area contributed by atoms with E-state index in [0.29, 0.717) is 30.9 Å². The number of thiophene rings is 1. The zero-order valence-corrected chi connectivity index (χ0v) is 19.5. The monoisotopic (exact) mass is 472 g/mol. The van der Waals surface area contributed by atoms with Gasteiger partial charge in [-0.15, -0.1) is 11.3 Å². The van der Waals surface area contributed by atoms with Crippen LogP contribution < -0.4 is 4.74 Å². The molecule has 7 heteroatoms. The Kier molecular flexibility index (Phi) is 5.94. The van der Waals surface area contributed by atoms with Crippen molar-refractivity contribution >= 4 is 39.7 Å². The molecule has 172 valence electrons. The highest BCUT2D eigenvalue weighted by Gasteiger charge is 2.46. The van der Waals surface area contributed by atoms with Crippen LogP contribution in [0.25, 0.3) is 16.7 Å². The molecule has 5 rings (SSSR count). The summed E-state index contributed by atoms with van der Waals surface area (Å²) >= 11 is 1.46. The Morgan fingerprint density at radius 2 is 1.88 bits per heavy atom. The Labute approximate surface area is 201 Å². The normalized spacial score (nSPS) is 17.6. The van der Waals surface area contributed by atoms with E-state index in [1.54, 1.807) is 29.2 Å². The van der Waals surface area contributed by atoms with Gasteiger partial charge in [0.05, 0.1) is 18.2 Å². The lowest BCUT2D eigenvalue weighted by atomic mass is 9.99. The highest BCUT2D eigenvalue weighted by Crippen LogP contribution is 2.41. The van der Waals surface area contributed by atoms with Gasteiger partial charge in [0, 0.05) is 34.1 Å². The number of Topliss-reactive ketones (excluding diaryl/α,β-unsaturated/α-hetero) is 1. The van der Waals surface area contributed by atoms with Crippen LogP contribution in [0.4, 0.5) is 0 Å². The second kappa shape index (κ2) is 9.19. The number of carbonyl (C=O) groups is 2. The lowest BCUT2D eigenvalue weighted by molar-refractivity contribution is -0.139. The number of amides is 1. The van der Waals surface area contributed by atoms with Crippen molar-refractivity contribution in [2.75, 3.05) is 13.2 Å². The number of fused-ring (bicyclic) bond motifs is 1. The van der Waals surface area contributed by atoms with Crippen LogP contribution in [-0.4, -0.2) is 39.8 Å². The maximum atomic E-state index is 13.1. The Morgan fingerprint density at radius 3 is 2.62 bits per heavy atom. The summed E-state index contributed by atoms with van der Waals surface area (Å²) in [6.45, 7) is 2.78. The van der Waals surface area contributed by atoms with Gasteiger partial charge in [-0.3, -0.25) is 9.59 Å². The minimum absolute atomic E-state index is 0.121. The molecule has 1 atom stereocenters. The number of ether oxygens (including phenoxy) is 1. The number of hydrogen-bond donors (Lipinski definition) is 2. The summed E-state index contributed by atoms with van der Waals surface area (Å²) in [4.78, 5) is 31.9. The molecule has 0 spiro atoms. The molecule has 1 amide bonds. The highest BCUT2D eigenvalue weighted by molar-refractivity contribution is 7.10. The Morgan fingerprint density at radius 1 is 1.09 bits per heavy atom. The van der Waals surface area contributed by atoms with Gasteiger partial charge in [-0.1, -0.05) is 24.3 Å². The van der Waals surface area contributed by atoms with Gasteiger partial charge in [0.15, 0.2) is 0 Å². The predicted octanol–water partition coefficient (Wildman–Crippen LogP) is 5.29. The van der Waals surface area contributed by atoms with Crippen molar-refractivity contribution in [2.24, 2.45) is 0 Å². The predicted molar refractivity (Wildman–Crippen MR) is 133 cm³/mol. The minimum atomic E-state index is -0.663. The average molecular weight is 473 g/mol. The van der Waals surface area contributed by atoms with E-state index in [2.05, 4.69) is 4.98 Å². The molecule has 0 saturated carbocycles.